The van der Waals surface area contributed by atoms with Gasteiger partial charge in [0.2, 0.25) is 0 Å². The Hall–Kier alpha value is -3.09. The van der Waals surface area contributed by atoms with E-state index in [1.165, 1.54) is 0 Å². The topological polar surface area (TPSA) is 65.2 Å². The number of nitrogens with zero attached hydrogens (tertiary/aromatic N) is 2. The van der Waals surface area contributed by atoms with Gasteiger partial charge in [-0.25, -0.2) is 0 Å². The molecule has 7 heteroatoms. The molecule has 0 fully saturated rings. The van der Waals surface area contributed by atoms with Crippen molar-refractivity contribution in [1.82, 2.24) is 0 Å². The Morgan fingerprint density at radius 2 is 0.857 bits per heavy atom. The van der Waals surface area contributed by atoms with Gasteiger partial charge in [0, 0.05) is 49.4 Å². The van der Waals surface area contributed by atoms with E-state index in [2.05, 4.69) is 9.98 Å². The van der Waals surface area contributed by atoms with Crippen LogP contribution >= 0.6 is 23.2 Å². The van der Waals surface area contributed by atoms with Crippen molar-refractivity contribution in [2.24, 2.45) is 9.98 Å². The zero-order valence-corrected chi connectivity index (χ0v) is 21.7. The predicted molar refractivity (Wildman–Crippen MR) is 143 cm³/mol. The summed E-state index contributed by atoms with van der Waals surface area (Å²) >= 11 is 11.6. The second kappa shape index (κ2) is 13.7. The fourth-order valence-corrected chi connectivity index (χ4v) is 3.35. The number of hydrogen-bond acceptors (Lipinski definition) is 4. The van der Waals surface area contributed by atoms with Crippen LogP contribution in [0.4, 0.5) is 11.4 Å². The number of aromatic hydroxyl groups is 2. The van der Waals surface area contributed by atoms with E-state index in [1.807, 2.05) is 62.4 Å². The van der Waals surface area contributed by atoms with Crippen LogP contribution in [0.2, 0.25) is 10.0 Å². The molecular formula is C28H24Cl2CoN2O2. The number of phenolic OH excluding ortho intramolecular Hbond substituents is 2. The van der Waals surface area contributed by atoms with Crippen LogP contribution in [0.15, 0.2) is 107 Å². The van der Waals surface area contributed by atoms with Gasteiger partial charge in [0.05, 0.1) is 11.4 Å². The molecule has 0 aliphatic carbocycles. The number of rotatable bonds is 4. The number of aliphatic imine (C=N–C) groups is 2. The van der Waals surface area contributed by atoms with Gasteiger partial charge in [0.1, 0.15) is 11.5 Å². The van der Waals surface area contributed by atoms with E-state index in [1.54, 1.807) is 48.5 Å². The maximum absolute atomic E-state index is 9.70. The van der Waals surface area contributed by atoms with Gasteiger partial charge in [-0.3, -0.25) is 9.98 Å². The Labute approximate surface area is 225 Å². The molecule has 0 unspecified atom stereocenters. The van der Waals surface area contributed by atoms with Gasteiger partial charge in [0.15, 0.2) is 0 Å². The standard InChI is InChI=1S/2C14H12ClNO.Co/c2*1-10(13-4-2-3-5-14(13)17)16-12-8-6-11(15)7-9-12;/h2*2-9,17H,1H3;. The molecule has 0 atom stereocenters. The number of halogens is 2. The van der Waals surface area contributed by atoms with Crippen LogP contribution in [0.1, 0.15) is 25.0 Å². The van der Waals surface area contributed by atoms with Gasteiger partial charge in [-0.05, 0) is 86.6 Å². The van der Waals surface area contributed by atoms with E-state index in [0.717, 1.165) is 33.9 Å². The van der Waals surface area contributed by atoms with Gasteiger partial charge in [-0.15, -0.1) is 0 Å². The van der Waals surface area contributed by atoms with E-state index in [9.17, 15) is 10.2 Å². The molecule has 181 valence electrons. The summed E-state index contributed by atoms with van der Waals surface area (Å²) in [6.45, 7) is 3.73. The summed E-state index contributed by atoms with van der Waals surface area (Å²) in [4.78, 5) is 8.86. The smallest absolute Gasteiger partial charge is 0.124 e. The van der Waals surface area contributed by atoms with Crippen LogP contribution in [0.3, 0.4) is 0 Å². The molecule has 35 heavy (non-hydrogen) atoms. The molecule has 4 aromatic rings. The van der Waals surface area contributed by atoms with Gasteiger partial charge < -0.3 is 10.2 Å². The summed E-state index contributed by atoms with van der Waals surface area (Å²) in [5.74, 6) is 0.477. The summed E-state index contributed by atoms with van der Waals surface area (Å²) in [6, 6.07) is 28.8. The number of hydrogen-bond donors (Lipinski definition) is 2. The summed E-state index contributed by atoms with van der Waals surface area (Å²) < 4.78 is 0. The average molecular weight is 550 g/mol. The maximum Gasteiger partial charge on any atom is 0.124 e. The molecule has 0 bridgehead atoms. The van der Waals surface area contributed by atoms with Crippen molar-refractivity contribution in [3.05, 3.63) is 118 Å². The van der Waals surface area contributed by atoms with Crippen molar-refractivity contribution in [2.75, 3.05) is 0 Å². The molecule has 0 aliphatic rings. The molecule has 1 radical (unpaired) electrons. The number of para-hydroxylation sites is 2. The Morgan fingerprint density at radius 1 is 0.543 bits per heavy atom. The van der Waals surface area contributed by atoms with E-state index in [4.69, 9.17) is 23.2 Å². The van der Waals surface area contributed by atoms with Crippen LogP contribution in [0.5, 0.6) is 11.5 Å². The molecule has 4 nitrogen and oxygen atoms in total. The van der Waals surface area contributed by atoms with Crippen molar-refractivity contribution >= 4 is 46.0 Å². The maximum atomic E-state index is 9.70. The predicted octanol–water partition coefficient (Wildman–Crippen LogP) is 8.37. The fourth-order valence-electron chi connectivity index (χ4n) is 3.10. The molecule has 0 spiro atoms. The minimum atomic E-state index is 0. The fraction of sp³-hybridized carbons (Fsp3) is 0.0714. The molecule has 4 aromatic carbocycles. The molecule has 0 aromatic heterocycles. The van der Waals surface area contributed by atoms with E-state index in [-0.39, 0.29) is 28.3 Å². The number of phenols is 2. The Bertz CT molecular complexity index is 1200. The molecule has 0 amide bonds. The SMILES string of the molecule is CC(=Nc1ccc(Cl)cc1)c1ccccc1O.CC(=Nc1ccc(Cl)cc1)c1ccccc1O.[Co]. The quantitative estimate of drug-likeness (QED) is 0.251. The molecule has 2 N–H and O–H groups in total. The molecule has 0 aliphatic heterocycles. The minimum absolute atomic E-state index is 0. The Morgan fingerprint density at radius 3 is 1.17 bits per heavy atom. The molecule has 0 saturated heterocycles. The van der Waals surface area contributed by atoms with Gasteiger partial charge >= 0.3 is 0 Å². The second-order valence-corrected chi connectivity index (χ2v) is 8.25. The van der Waals surface area contributed by atoms with Crippen LogP contribution in [-0.2, 0) is 16.8 Å². The Kier molecular flexibility index (Phi) is 11.0. The van der Waals surface area contributed by atoms with Gasteiger partial charge in [-0.1, -0.05) is 47.5 Å². The third-order valence-corrected chi connectivity index (χ3v) is 5.34. The second-order valence-electron chi connectivity index (χ2n) is 7.38. The summed E-state index contributed by atoms with van der Waals surface area (Å²) in [5, 5.41) is 20.8. The monoisotopic (exact) mass is 549 g/mol. The summed E-state index contributed by atoms with van der Waals surface area (Å²) in [5.41, 5.74) is 4.64. The van der Waals surface area contributed by atoms with E-state index >= 15 is 0 Å². The van der Waals surface area contributed by atoms with Crippen LogP contribution < -0.4 is 0 Å². The van der Waals surface area contributed by atoms with Crippen molar-refractivity contribution in [2.45, 2.75) is 13.8 Å². The van der Waals surface area contributed by atoms with Crippen LogP contribution in [0, 0.1) is 0 Å². The minimum Gasteiger partial charge on any atom is -0.507 e. The first-order chi connectivity index (χ1) is 16.3. The summed E-state index contributed by atoms with van der Waals surface area (Å²) in [7, 11) is 0. The third-order valence-electron chi connectivity index (χ3n) is 4.83. The van der Waals surface area contributed by atoms with Crippen molar-refractivity contribution in [1.29, 1.82) is 0 Å². The van der Waals surface area contributed by atoms with Gasteiger partial charge in [-0.2, -0.15) is 0 Å². The largest absolute Gasteiger partial charge is 0.507 e. The molecule has 0 heterocycles. The van der Waals surface area contributed by atoms with E-state index in [0.29, 0.717) is 10.0 Å². The summed E-state index contributed by atoms with van der Waals surface area (Å²) in [6.07, 6.45) is 0. The van der Waals surface area contributed by atoms with Crippen molar-refractivity contribution < 1.29 is 27.0 Å². The Balaban J connectivity index is 0.000000240. The third kappa shape index (κ3) is 8.57. The average Bonchev–Trinajstić information content (AvgIpc) is 2.83. The van der Waals surface area contributed by atoms with Crippen LogP contribution in [-0.4, -0.2) is 21.6 Å². The number of benzene rings is 4. The first kappa shape index (κ1) is 28.1. The zero-order chi connectivity index (χ0) is 24.5. The molecule has 0 saturated carbocycles. The van der Waals surface area contributed by atoms with E-state index < -0.39 is 0 Å². The molecule has 4 rings (SSSR count). The normalized spacial score (nSPS) is 11.2. The van der Waals surface area contributed by atoms with Crippen molar-refractivity contribution in [3.63, 3.8) is 0 Å². The first-order valence-electron chi connectivity index (χ1n) is 10.5. The first-order valence-corrected chi connectivity index (χ1v) is 11.3. The van der Waals surface area contributed by atoms with Gasteiger partial charge in [0.25, 0.3) is 0 Å². The van der Waals surface area contributed by atoms with Crippen molar-refractivity contribution in [3.8, 4) is 11.5 Å². The van der Waals surface area contributed by atoms with Crippen LogP contribution in [0.25, 0.3) is 0 Å². The molecular weight excluding hydrogens is 526 g/mol. The zero-order valence-electron chi connectivity index (χ0n) is 19.1.